The minimum atomic E-state index is -0.926. The van der Waals surface area contributed by atoms with E-state index in [1.807, 2.05) is 13.8 Å². The minimum Gasteiger partial charge on any atom is -0.330 e. The summed E-state index contributed by atoms with van der Waals surface area (Å²) in [7, 11) is 0. The Hall–Kier alpha value is -1.11. The predicted molar refractivity (Wildman–Crippen MR) is 105 cm³/mol. The molecule has 6 heteroatoms. The zero-order valence-electron chi connectivity index (χ0n) is 17.4. The topological polar surface area (TPSA) is 27.7 Å². The van der Waals surface area contributed by atoms with Crippen LogP contribution >= 0.6 is 0 Å². The Morgan fingerprint density at radius 2 is 1.32 bits per heavy atom. The Bertz CT molecular complexity index is 511. The summed E-state index contributed by atoms with van der Waals surface area (Å²) < 4.78 is 58.0. The van der Waals surface area contributed by atoms with Crippen LogP contribution in [0.1, 0.15) is 77.7 Å². The van der Waals surface area contributed by atoms with E-state index in [0.29, 0.717) is 31.8 Å². The van der Waals surface area contributed by atoms with E-state index in [9.17, 15) is 13.2 Å². The first-order valence-electron chi connectivity index (χ1n) is 10.5. The number of ether oxygens (including phenoxy) is 3. The summed E-state index contributed by atoms with van der Waals surface area (Å²) in [5.74, 6) is -2.71. The summed E-state index contributed by atoms with van der Waals surface area (Å²) in [5, 5.41) is 0. The van der Waals surface area contributed by atoms with Crippen molar-refractivity contribution in [3.63, 3.8) is 0 Å². The lowest BCUT2D eigenvalue weighted by Crippen LogP contribution is -2.29. The second-order valence-corrected chi connectivity index (χ2v) is 6.92. The van der Waals surface area contributed by atoms with Gasteiger partial charge < -0.3 is 14.2 Å². The molecule has 162 valence electrons. The average Bonchev–Trinajstić information content (AvgIpc) is 2.64. The number of hydrogen-bond donors (Lipinski definition) is 0. The van der Waals surface area contributed by atoms with E-state index in [2.05, 4.69) is 6.92 Å². The molecule has 0 aliphatic heterocycles. The molecule has 1 atom stereocenters. The first kappa shape index (κ1) is 24.9. The molecule has 0 saturated heterocycles. The number of rotatable bonds is 16. The fourth-order valence-electron chi connectivity index (χ4n) is 3.10. The SMILES string of the molecule is CCCCCCCCCC(Cc1c(F)cc(F)cc1F)OC(OCC)OCC. The monoisotopic (exact) mass is 404 g/mol. The fourth-order valence-corrected chi connectivity index (χ4v) is 3.10. The van der Waals surface area contributed by atoms with Gasteiger partial charge in [0.15, 0.2) is 0 Å². The molecule has 0 heterocycles. The molecule has 1 aromatic rings. The van der Waals surface area contributed by atoms with Crippen molar-refractivity contribution in [2.45, 2.75) is 91.1 Å². The quantitative estimate of drug-likeness (QED) is 0.232. The van der Waals surface area contributed by atoms with Gasteiger partial charge in [0.05, 0.1) is 6.10 Å². The first-order valence-corrected chi connectivity index (χ1v) is 10.5. The van der Waals surface area contributed by atoms with Crippen LogP contribution in [0.2, 0.25) is 0 Å². The van der Waals surface area contributed by atoms with Crippen LogP contribution in [-0.2, 0) is 20.6 Å². The minimum absolute atomic E-state index is 0.00439. The summed E-state index contributed by atoms with van der Waals surface area (Å²) in [6.45, 7) is 5.74. The lowest BCUT2D eigenvalue weighted by atomic mass is 10.0. The van der Waals surface area contributed by atoms with Gasteiger partial charge in [-0.2, -0.15) is 0 Å². The predicted octanol–water partition coefficient (Wildman–Crippen LogP) is 6.53. The lowest BCUT2D eigenvalue weighted by molar-refractivity contribution is -0.302. The molecule has 0 radical (unpaired) electrons. The van der Waals surface area contributed by atoms with Gasteiger partial charge in [0.25, 0.3) is 6.48 Å². The van der Waals surface area contributed by atoms with Gasteiger partial charge in [0.1, 0.15) is 17.5 Å². The number of hydrogen-bond acceptors (Lipinski definition) is 3. The van der Waals surface area contributed by atoms with Crippen molar-refractivity contribution >= 4 is 0 Å². The Morgan fingerprint density at radius 1 is 0.786 bits per heavy atom. The molecule has 0 amide bonds. The zero-order valence-corrected chi connectivity index (χ0v) is 17.4. The standard InChI is InChI=1S/C22H35F3O3/c1-4-7-8-9-10-11-12-13-18(28-22(26-5-2)27-6-3)16-19-20(24)14-17(23)15-21(19)25/h14-15,18,22H,4-13,16H2,1-3H3. The van der Waals surface area contributed by atoms with Crippen molar-refractivity contribution in [1.29, 1.82) is 0 Å². The van der Waals surface area contributed by atoms with E-state index in [1.165, 1.54) is 25.7 Å². The molecule has 0 fully saturated rings. The van der Waals surface area contributed by atoms with Crippen LogP contribution in [0.3, 0.4) is 0 Å². The van der Waals surface area contributed by atoms with E-state index in [4.69, 9.17) is 14.2 Å². The summed E-state index contributed by atoms with van der Waals surface area (Å²) in [4.78, 5) is 0. The molecule has 0 aliphatic carbocycles. The van der Waals surface area contributed by atoms with Gasteiger partial charge in [-0.05, 0) is 20.3 Å². The van der Waals surface area contributed by atoms with Crippen molar-refractivity contribution in [2.24, 2.45) is 0 Å². The third-order valence-corrected chi connectivity index (χ3v) is 4.58. The second-order valence-electron chi connectivity index (χ2n) is 6.92. The van der Waals surface area contributed by atoms with Crippen molar-refractivity contribution in [3.05, 3.63) is 35.1 Å². The molecule has 1 unspecified atom stereocenters. The van der Waals surface area contributed by atoms with E-state index >= 15 is 0 Å². The van der Waals surface area contributed by atoms with E-state index < -0.39 is 30.0 Å². The summed E-state index contributed by atoms with van der Waals surface area (Å²) in [5.41, 5.74) is -0.166. The third kappa shape index (κ3) is 9.89. The van der Waals surface area contributed by atoms with Gasteiger partial charge in [0.2, 0.25) is 0 Å². The van der Waals surface area contributed by atoms with Crippen molar-refractivity contribution in [2.75, 3.05) is 13.2 Å². The van der Waals surface area contributed by atoms with E-state index in [-0.39, 0.29) is 12.0 Å². The smallest absolute Gasteiger partial charge is 0.271 e. The van der Waals surface area contributed by atoms with Gasteiger partial charge in [-0.15, -0.1) is 0 Å². The molecule has 28 heavy (non-hydrogen) atoms. The van der Waals surface area contributed by atoms with Gasteiger partial charge in [-0.25, -0.2) is 13.2 Å². The lowest BCUT2D eigenvalue weighted by Gasteiger charge is -2.25. The third-order valence-electron chi connectivity index (χ3n) is 4.58. The Kier molecular flexibility index (Phi) is 13.2. The highest BCUT2D eigenvalue weighted by Gasteiger charge is 2.22. The molecule has 0 bridgehead atoms. The van der Waals surface area contributed by atoms with Crippen LogP contribution in [0, 0.1) is 17.5 Å². The Labute approximate surface area is 167 Å². The van der Waals surface area contributed by atoms with Crippen LogP contribution in [0.25, 0.3) is 0 Å². The highest BCUT2D eigenvalue weighted by atomic mass is 19.1. The molecule has 0 aromatic heterocycles. The molecule has 1 rings (SSSR count). The van der Waals surface area contributed by atoms with E-state index in [0.717, 1.165) is 19.3 Å². The first-order chi connectivity index (χ1) is 13.5. The molecule has 1 aromatic carbocycles. The summed E-state index contributed by atoms with van der Waals surface area (Å²) in [6, 6.07) is 1.40. The van der Waals surface area contributed by atoms with Gasteiger partial charge in [-0.3, -0.25) is 0 Å². The maximum absolute atomic E-state index is 14.1. The van der Waals surface area contributed by atoms with Crippen LogP contribution in [0.4, 0.5) is 13.2 Å². The van der Waals surface area contributed by atoms with Crippen LogP contribution in [0.5, 0.6) is 0 Å². The molecular weight excluding hydrogens is 369 g/mol. The Morgan fingerprint density at radius 3 is 1.86 bits per heavy atom. The van der Waals surface area contributed by atoms with Crippen molar-refractivity contribution in [3.8, 4) is 0 Å². The molecule has 0 aliphatic rings. The van der Waals surface area contributed by atoms with Gasteiger partial charge in [0, 0.05) is 37.3 Å². The summed E-state index contributed by atoms with van der Waals surface area (Å²) in [6.07, 6.45) is 8.09. The fraction of sp³-hybridized carbons (Fsp3) is 0.727. The molecule has 0 N–H and O–H groups in total. The largest absolute Gasteiger partial charge is 0.330 e. The Balaban J connectivity index is 2.69. The molecular formula is C22H35F3O3. The van der Waals surface area contributed by atoms with Crippen molar-refractivity contribution in [1.82, 2.24) is 0 Å². The molecule has 0 spiro atoms. The zero-order chi connectivity index (χ0) is 20.8. The van der Waals surface area contributed by atoms with Crippen molar-refractivity contribution < 1.29 is 27.4 Å². The van der Waals surface area contributed by atoms with Crippen LogP contribution < -0.4 is 0 Å². The maximum atomic E-state index is 14.1. The normalized spacial score (nSPS) is 12.7. The second kappa shape index (κ2) is 14.8. The molecule has 0 saturated carbocycles. The van der Waals surface area contributed by atoms with Crippen LogP contribution in [-0.4, -0.2) is 25.8 Å². The van der Waals surface area contributed by atoms with Crippen LogP contribution in [0.15, 0.2) is 12.1 Å². The average molecular weight is 405 g/mol. The number of halogens is 3. The highest BCUT2D eigenvalue weighted by Crippen LogP contribution is 2.22. The summed E-state index contributed by atoms with van der Waals surface area (Å²) >= 11 is 0. The van der Waals surface area contributed by atoms with Gasteiger partial charge >= 0.3 is 0 Å². The number of benzene rings is 1. The van der Waals surface area contributed by atoms with Gasteiger partial charge in [-0.1, -0.05) is 51.9 Å². The number of unbranched alkanes of at least 4 members (excludes halogenated alkanes) is 6. The highest BCUT2D eigenvalue weighted by molar-refractivity contribution is 5.21. The van der Waals surface area contributed by atoms with E-state index in [1.54, 1.807) is 0 Å². The molecule has 3 nitrogen and oxygen atoms in total. The maximum Gasteiger partial charge on any atom is 0.271 e.